The molecule has 0 aliphatic rings. The molecular formula is C12H9BrN2O3S. The molecular weight excluding hydrogens is 332 g/mol. The standard InChI is InChI=1S/C12H9BrN2O3S/c1-6-2-7(13)4-8(3-6)14-10(16)11-15-9(5-19-11)12(17)18/h2-5H,1H3,(H,14,16)(H,17,18). The topological polar surface area (TPSA) is 79.3 Å². The van der Waals surface area contributed by atoms with Crippen molar-refractivity contribution in [2.24, 2.45) is 0 Å². The summed E-state index contributed by atoms with van der Waals surface area (Å²) < 4.78 is 0.855. The number of carbonyl (C=O) groups is 2. The van der Waals surface area contributed by atoms with E-state index in [9.17, 15) is 9.59 Å². The number of benzene rings is 1. The van der Waals surface area contributed by atoms with E-state index in [0.29, 0.717) is 5.69 Å². The molecule has 0 spiro atoms. The smallest absolute Gasteiger partial charge is 0.355 e. The second kappa shape index (κ2) is 5.50. The molecule has 2 N–H and O–H groups in total. The van der Waals surface area contributed by atoms with Crippen LogP contribution in [0.4, 0.5) is 5.69 Å². The van der Waals surface area contributed by atoms with Gasteiger partial charge in [-0.15, -0.1) is 11.3 Å². The first-order valence-electron chi connectivity index (χ1n) is 5.23. The Balaban J connectivity index is 2.18. The van der Waals surface area contributed by atoms with E-state index in [1.807, 2.05) is 19.1 Å². The normalized spacial score (nSPS) is 10.2. The van der Waals surface area contributed by atoms with Gasteiger partial charge in [-0.2, -0.15) is 0 Å². The maximum absolute atomic E-state index is 11.9. The van der Waals surface area contributed by atoms with E-state index >= 15 is 0 Å². The van der Waals surface area contributed by atoms with E-state index in [4.69, 9.17) is 5.11 Å². The van der Waals surface area contributed by atoms with Crippen LogP contribution in [0.5, 0.6) is 0 Å². The third-order valence-corrected chi connectivity index (χ3v) is 3.52. The average molecular weight is 341 g/mol. The number of hydrogen-bond acceptors (Lipinski definition) is 4. The maximum atomic E-state index is 11.9. The van der Waals surface area contributed by atoms with Gasteiger partial charge in [0.15, 0.2) is 10.7 Å². The molecule has 1 aromatic heterocycles. The van der Waals surface area contributed by atoms with Crippen molar-refractivity contribution >= 4 is 44.8 Å². The lowest BCUT2D eigenvalue weighted by atomic mass is 10.2. The minimum absolute atomic E-state index is 0.120. The highest BCUT2D eigenvalue weighted by molar-refractivity contribution is 9.10. The first-order chi connectivity index (χ1) is 8.95. The zero-order valence-corrected chi connectivity index (χ0v) is 12.2. The minimum Gasteiger partial charge on any atom is -0.476 e. The van der Waals surface area contributed by atoms with Crippen molar-refractivity contribution in [2.75, 3.05) is 5.32 Å². The zero-order chi connectivity index (χ0) is 14.0. The van der Waals surface area contributed by atoms with Crippen LogP contribution in [-0.2, 0) is 0 Å². The number of nitrogens with zero attached hydrogens (tertiary/aromatic N) is 1. The molecule has 0 unspecified atom stereocenters. The van der Waals surface area contributed by atoms with Crippen LogP contribution < -0.4 is 5.32 Å². The number of carboxylic acids is 1. The summed E-state index contributed by atoms with van der Waals surface area (Å²) in [5, 5.41) is 12.9. The predicted molar refractivity (Wildman–Crippen MR) is 75.9 cm³/mol. The van der Waals surface area contributed by atoms with Crippen molar-refractivity contribution in [3.63, 3.8) is 0 Å². The molecule has 19 heavy (non-hydrogen) atoms. The lowest BCUT2D eigenvalue weighted by Gasteiger charge is -2.05. The SMILES string of the molecule is Cc1cc(Br)cc(NC(=O)c2nc(C(=O)O)cs2)c1. The molecule has 1 amide bonds. The number of carbonyl (C=O) groups excluding carboxylic acids is 1. The number of nitrogens with one attached hydrogen (secondary N) is 1. The van der Waals surface area contributed by atoms with Gasteiger partial charge in [0.25, 0.3) is 5.91 Å². The van der Waals surface area contributed by atoms with Gasteiger partial charge in [-0.05, 0) is 30.7 Å². The van der Waals surface area contributed by atoms with Gasteiger partial charge >= 0.3 is 5.97 Å². The number of aryl methyl sites for hydroxylation is 1. The van der Waals surface area contributed by atoms with E-state index in [1.165, 1.54) is 5.38 Å². The van der Waals surface area contributed by atoms with Crippen molar-refractivity contribution in [1.29, 1.82) is 0 Å². The van der Waals surface area contributed by atoms with Crippen LogP contribution in [0.2, 0.25) is 0 Å². The molecule has 0 aliphatic heterocycles. The van der Waals surface area contributed by atoms with Gasteiger partial charge < -0.3 is 10.4 Å². The molecule has 0 radical (unpaired) electrons. The van der Waals surface area contributed by atoms with Gasteiger partial charge in [-0.1, -0.05) is 15.9 Å². The number of carboxylic acid groups (broad SMARTS) is 1. The monoisotopic (exact) mass is 340 g/mol. The van der Waals surface area contributed by atoms with Gasteiger partial charge in [0.1, 0.15) is 0 Å². The fourth-order valence-electron chi connectivity index (χ4n) is 1.47. The van der Waals surface area contributed by atoms with E-state index < -0.39 is 11.9 Å². The molecule has 0 aliphatic carbocycles. The zero-order valence-electron chi connectivity index (χ0n) is 9.81. The van der Waals surface area contributed by atoms with E-state index in [-0.39, 0.29) is 10.7 Å². The number of aromatic carboxylic acids is 1. The Kier molecular flexibility index (Phi) is 3.96. The first-order valence-corrected chi connectivity index (χ1v) is 6.90. The van der Waals surface area contributed by atoms with Gasteiger partial charge in [0.05, 0.1) is 0 Å². The van der Waals surface area contributed by atoms with Crippen LogP contribution in [0.25, 0.3) is 0 Å². The molecule has 0 saturated carbocycles. The van der Waals surface area contributed by atoms with Gasteiger partial charge in [-0.3, -0.25) is 4.79 Å². The lowest BCUT2D eigenvalue weighted by Crippen LogP contribution is -2.12. The third-order valence-electron chi connectivity index (χ3n) is 2.22. The van der Waals surface area contributed by atoms with Crippen molar-refractivity contribution < 1.29 is 14.7 Å². The molecule has 98 valence electrons. The Hall–Kier alpha value is -1.73. The van der Waals surface area contributed by atoms with Crippen molar-refractivity contribution in [1.82, 2.24) is 4.98 Å². The summed E-state index contributed by atoms with van der Waals surface area (Å²) in [7, 11) is 0. The molecule has 0 fully saturated rings. The number of halogens is 1. The molecule has 0 atom stereocenters. The number of hydrogen-bond donors (Lipinski definition) is 2. The Labute approximate surface area is 121 Å². The molecule has 0 bridgehead atoms. The minimum atomic E-state index is -1.14. The van der Waals surface area contributed by atoms with Crippen LogP contribution in [0.1, 0.15) is 25.9 Å². The van der Waals surface area contributed by atoms with E-state index in [1.54, 1.807) is 6.07 Å². The highest BCUT2D eigenvalue weighted by atomic mass is 79.9. The molecule has 5 nitrogen and oxygen atoms in total. The summed E-state index contributed by atoms with van der Waals surface area (Å²) >= 11 is 4.34. The van der Waals surface area contributed by atoms with Crippen LogP contribution in [-0.4, -0.2) is 22.0 Å². The average Bonchev–Trinajstić information content (AvgIpc) is 2.76. The predicted octanol–water partition coefficient (Wildman–Crippen LogP) is 3.16. The molecule has 0 saturated heterocycles. The second-order valence-corrected chi connectivity index (χ2v) is 5.59. The number of anilines is 1. The summed E-state index contributed by atoms with van der Waals surface area (Å²) in [6.45, 7) is 1.91. The number of thiazole rings is 1. The first kappa shape index (κ1) is 13.7. The van der Waals surface area contributed by atoms with Crippen molar-refractivity contribution in [3.05, 3.63) is 44.3 Å². The van der Waals surface area contributed by atoms with Gasteiger partial charge in [-0.25, -0.2) is 9.78 Å². The van der Waals surface area contributed by atoms with Crippen LogP contribution in [0.3, 0.4) is 0 Å². The lowest BCUT2D eigenvalue weighted by molar-refractivity contribution is 0.0691. The maximum Gasteiger partial charge on any atom is 0.355 e. The quantitative estimate of drug-likeness (QED) is 0.899. The highest BCUT2D eigenvalue weighted by Crippen LogP contribution is 2.20. The Morgan fingerprint density at radius 2 is 2.11 bits per heavy atom. The molecule has 2 aromatic rings. The molecule has 1 heterocycles. The Bertz CT molecular complexity index is 634. The van der Waals surface area contributed by atoms with Crippen LogP contribution in [0, 0.1) is 6.92 Å². The second-order valence-electron chi connectivity index (χ2n) is 3.81. The summed E-state index contributed by atoms with van der Waals surface area (Å²) in [4.78, 5) is 26.3. The summed E-state index contributed by atoms with van der Waals surface area (Å²) in [6, 6.07) is 5.49. The van der Waals surface area contributed by atoms with E-state index in [0.717, 1.165) is 21.4 Å². The fourth-order valence-corrected chi connectivity index (χ4v) is 2.76. The summed E-state index contributed by atoms with van der Waals surface area (Å²) in [5.74, 6) is -1.57. The van der Waals surface area contributed by atoms with Gasteiger partial charge in [0, 0.05) is 15.5 Å². The van der Waals surface area contributed by atoms with Gasteiger partial charge in [0.2, 0.25) is 0 Å². The van der Waals surface area contributed by atoms with Crippen LogP contribution in [0.15, 0.2) is 28.1 Å². The molecule has 2 rings (SSSR count). The summed E-state index contributed by atoms with van der Waals surface area (Å²) in [6.07, 6.45) is 0. The summed E-state index contributed by atoms with van der Waals surface area (Å²) in [5.41, 5.74) is 1.50. The number of rotatable bonds is 3. The number of aromatic nitrogens is 1. The highest BCUT2D eigenvalue weighted by Gasteiger charge is 2.15. The fraction of sp³-hybridized carbons (Fsp3) is 0.0833. The largest absolute Gasteiger partial charge is 0.476 e. The molecule has 1 aromatic carbocycles. The Morgan fingerprint density at radius 3 is 2.68 bits per heavy atom. The van der Waals surface area contributed by atoms with E-state index in [2.05, 4.69) is 26.2 Å². The molecule has 7 heteroatoms. The number of amides is 1. The van der Waals surface area contributed by atoms with Crippen molar-refractivity contribution in [2.45, 2.75) is 6.92 Å². The third kappa shape index (κ3) is 3.39. The Morgan fingerprint density at radius 1 is 1.37 bits per heavy atom. The van der Waals surface area contributed by atoms with Crippen LogP contribution >= 0.6 is 27.3 Å². The van der Waals surface area contributed by atoms with Crippen molar-refractivity contribution in [3.8, 4) is 0 Å².